The predicted molar refractivity (Wildman–Crippen MR) is 80.4 cm³/mol. The van der Waals surface area contributed by atoms with Crippen molar-refractivity contribution >= 4 is 17.2 Å². The van der Waals surface area contributed by atoms with Crippen molar-refractivity contribution < 1.29 is 18.0 Å². The summed E-state index contributed by atoms with van der Waals surface area (Å²) in [5, 5.41) is 6.58. The molecule has 0 saturated carbocycles. The molecule has 0 spiro atoms. The zero-order valence-corrected chi connectivity index (χ0v) is 13.3. The number of rotatable bonds is 3. The number of nitrogens with zero attached hydrogens (tertiary/aromatic N) is 2. The molecule has 1 N–H and O–H groups in total. The number of fused-ring (bicyclic) bond motifs is 1. The monoisotopic (exact) mass is 343 g/mol. The van der Waals surface area contributed by atoms with E-state index in [2.05, 4.69) is 10.3 Å². The Bertz CT molecular complexity index is 720. The van der Waals surface area contributed by atoms with Crippen molar-refractivity contribution in [3.63, 3.8) is 0 Å². The fraction of sp³-hybridized carbons (Fsp3) is 0.467. The van der Waals surface area contributed by atoms with E-state index in [1.54, 1.807) is 9.95 Å². The van der Waals surface area contributed by atoms with Crippen molar-refractivity contribution in [3.05, 3.63) is 39.6 Å². The van der Waals surface area contributed by atoms with Gasteiger partial charge in [0.1, 0.15) is 5.82 Å². The van der Waals surface area contributed by atoms with Crippen LogP contribution in [0.5, 0.6) is 0 Å². The number of hydrogen-bond acceptors (Lipinski definition) is 3. The molecule has 1 atom stereocenters. The minimum Gasteiger partial charge on any atom is -0.352 e. The van der Waals surface area contributed by atoms with Gasteiger partial charge in [-0.05, 0) is 30.2 Å². The van der Waals surface area contributed by atoms with Crippen LogP contribution in [0.1, 0.15) is 33.9 Å². The second-order valence-corrected chi connectivity index (χ2v) is 6.52. The van der Waals surface area contributed by atoms with E-state index in [9.17, 15) is 18.0 Å². The number of hydrogen-bond donors (Lipinski definition) is 1. The smallest absolute Gasteiger partial charge is 0.352 e. The van der Waals surface area contributed by atoms with E-state index in [1.807, 2.05) is 12.3 Å². The summed E-state index contributed by atoms with van der Waals surface area (Å²) in [6.45, 7) is 2.77. The highest BCUT2D eigenvalue weighted by molar-refractivity contribution is 7.08. The lowest BCUT2D eigenvalue weighted by Gasteiger charge is -2.23. The van der Waals surface area contributed by atoms with Crippen LogP contribution in [-0.2, 0) is 19.1 Å². The summed E-state index contributed by atoms with van der Waals surface area (Å²) in [7, 11) is 0. The quantitative estimate of drug-likeness (QED) is 0.930. The Morgan fingerprint density at radius 1 is 1.48 bits per heavy atom. The number of alkyl halides is 3. The Hall–Kier alpha value is -1.83. The second-order valence-electron chi connectivity index (χ2n) is 5.78. The van der Waals surface area contributed by atoms with Crippen molar-refractivity contribution in [2.75, 3.05) is 6.54 Å². The van der Waals surface area contributed by atoms with E-state index in [-0.39, 0.29) is 11.8 Å². The maximum Gasteiger partial charge on any atom is 0.434 e. The molecule has 0 aliphatic carbocycles. The average Bonchev–Trinajstić information content (AvgIpc) is 3.09. The molecule has 3 heterocycles. The summed E-state index contributed by atoms with van der Waals surface area (Å²) in [6, 6.07) is 0. The fourth-order valence-corrected chi connectivity index (χ4v) is 3.57. The molecule has 4 nitrogen and oxygen atoms in total. The van der Waals surface area contributed by atoms with Crippen LogP contribution in [0.3, 0.4) is 0 Å². The van der Waals surface area contributed by atoms with E-state index in [0.29, 0.717) is 30.9 Å². The Balaban J connectivity index is 1.61. The number of aromatic nitrogens is 2. The summed E-state index contributed by atoms with van der Waals surface area (Å²) in [6.07, 6.45) is -2.14. The van der Waals surface area contributed by atoms with Crippen LogP contribution < -0.4 is 5.32 Å². The van der Waals surface area contributed by atoms with Gasteiger partial charge in [0.05, 0.1) is 5.56 Å². The van der Waals surface area contributed by atoms with Gasteiger partial charge < -0.3 is 9.88 Å². The van der Waals surface area contributed by atoms with Gasteiger partial charge in [0.25, 0.3) is 5.91 Å². The fourth-order valence-electron chi connectivity index (χ4n) is 2.74. The van der Waals surface area contributed by atoms with Crippen LogP contribution in [0.25, 0.3) is 0 Å². The van der Waals surface area contributed by atoms with E-state index in [1.165, 1.54) is 11.3 Å². The standard InChI is InChI=1S/C15H16F3N3OS/c1-9-7-23-8-11(9)14(22)19-4-10-2-3-13-20-12(15(16,17)18)6-21(13)5-10/h6-8,10H,2-5H2,1H3,(H,19,22)/t10-/m0/s1. The number of nitrogens with one attached hydrogen (secondary N) is 1. The summed E-state index contributed by atoms with van der Waals surface area (Å²) in [5.74, 6) is 0.449. The van der Waals surface area contributed by atoms with Gasteiger partial charge in [-0.3, -0.25) is 4.79 Å². The van der Waals surface area contributed by atoms with Crippen LogP contribution in [0.2, 0.25) is 0 Å². The molecule has 1 amide bonds. The van der Waals surface area contributed by atoms with Crippen LogP contribution >= 0.6 is 11.3 Å². The van der Waals surface area contributed by atoms with Gasteiger partial charge in [0.2, 0.25) is 0 Å². The first-order chi connectivity index (χ1) is 10.8. The van der Waals surface area contributed by atoms with E-state index < -0.39 is 11.9 Å². The molecule has 124 valence electrons. The molecule has 0 radical (unpaired) electrons. The Kier molecular flexibility index (Phi) is 4.18. The molecule has 2 aromatic rings. The number of halogens is 3. The Morgan fingerprint density at radius 2 is 2.26 bits per heavy atom. The second kappa shape index (κ2) is 5.99. The third kappa shape index (κ3) is 3.41. The van der Waals surface area contributed by atoms with Crippen molar-refractivity contribution in [3.8, 4) is 0 Å². The molecule has 0 unspecified atom stereocenters. The third-order valence-corrected chi connectivity index (χ3v) is 4.89. The number of imidazole rings is 1. The molecular formula is C15H16F3N3OS. The summed E-state index contributed by atoms with van der Waals surface area (Å²) in [4.78, 5) is 15.7. The molecule has 1 aliphatic heterocycles. The SMILES string of the molecule is Cc1cscc1C(=O)NC[C@@H]1CCc2nc(C(F)(F)F)cn2C1. The summed E-state index contributed by atoms with van der Waals surface area (Å²) in [5.41, 5.74) is 0.752. The van der Waals surface area contributed by atoms with Gasteiger partial charge in [-0.25, -0.2) is 4.98 Å². The summed E-state index contributed by atoms with van der Waals surface area (Å²) < 4.78 is 39.6. The largest absolute Gasteiger partial charge is 0.434 e. The molecule has 0 aromatic carbocycles. The number of carbonyl (C=O) groups is 1. The van der Waals surface area contributed by atoms with Crippen molar-refractivity contribution in [2.45, 2.75) is 32.5 Å². The zero-order valence-electron chi connectivity index (χ0n) is 12.5. The van der Waals surface area contributed by atoms with Gasteiger partial charge in [-0.15, -0.1) is 0 Å². The number of amides is 1. The highest BCUT2D eigenvalue weighted by Crippen LogP contribution is 2.30. The number of thiophene rings is 1. The number of aryl methyl sites for hydroxylation is 2. The van der Waals surface area contributed by atoms with Crippen LogP contribution in [0.15, 0.2) is 17.0 Å². The van der Waals surface area contributed by atoms with Crippen LogP contribution in [0, 0.1) is 12.8 Å². The van der Waals surface area contributed by atoms with Gasteiger partial charge >= 0.3 is 6.18 Å². The average molecular weight is 343 g/mol. The highest BCUT2D eigenvalue weighted by atomic mass is 32.1. The third-order valence-electron chi connectivity index (χ3n) is 4.03. The minimum absolute atomic E-state index is 0.112. The molecule has 0 fully saturated rings. The molecule has 23 heavy (non-hydrogen) atoms. The first-order valence-corrected chi connectivity index (χ1v) is 8.23. The topological polar surface area (TPSA) is 46.9 Å². The molecule has 0 saturated heterocycles. The first-order valence-electron chi connectivity index (χ1n) is 7.29. The molecule has 2 aromatic heterocycles. The van der Waals surface area contributed by atoms with Crippen molar-refractivity contribution in [2.24, 2.45) is 5.92 Å². The molecule has 1 aliphatic rings. The van der Waals surface area contributed by atoms with Crippen LogP contribution in [0.4, 0.5) is 13.2 Å². The van der Waals surface area contributed by atoms with E-state index >= 15 is 0 Å². The summed E-state index contributed by atoms with van der Waals surface area (Å²) >= 11 is 1.47. The van der Waals surface area contributed by atoms with E-state index in [0.717, 1.165) is 18.2 Å². The zero-order chi connectivity index (χ0) is 16.6. The van der Waals surface area contributed by atoms with Gasteiger partial charge in [0.15, 0.2) is 5.69 Å². The van der Waals surface area contributed by atoms with Gasteiger partial charge in [0, 0.05) is 31.1 Å². The maximum atomic E-state index is 12.7. The van der Waals surface area contributed by atoms with Crippen molar-refractivity contribution in [1.82, 2.24) is 14.9 Å². The Labute approximate surface area is 135 Å². The lowest BCUT2D eigenvalue weighted by molar-refractivity contribution is -0.141. The van der Waals surface area contributed by atoms with Gasteiger partial charge in [-0.1, -0.05) is 0 Å². The van der Waals surface area contributed by atoms with E-state index in [4.69, 9.17) is 0 Å². The van der Waals surface area contributed by atoms with Crippen LogP contribution in [-0.4, -0.2) is 22.0 Å². The molecule has 8 heteroatoms. The highest BCUT2D eigenvalue weighted by Gasteiger charge is 2.35. The first kappa shape index (κ1) is 16.0. The maximum absolute atomic E-state index is 12.7. The molecule has 3 rings (SSSR count). The Morgan fingerprint density at radius 3 is 2.91 bits per heavy atom. The molecule has 0 bridgehead atoms. The predicted octanol–water partition coefficient (Wildman–Crippen LogP) is 3.26. The normalized spacial score (nSPS) is 17.8. The minimum atomic E-state index is -4.41. The van der Waals surface area contributed by atoms with Gasteiger partial charge in [-0.2, -0.15) is 24.5 Å². The number of carbonyl (C=O) groups excluding carboxylic acids is 1. The lowest BCUT2D eigenvalue weighted by atomic mass is 9.99. The lowest BCUT2D eigenvalue weighted by Crippen LogP contribution is -2.33. The molecular weight excluding hydrogens is 327 g/mol. The van der Waals surface area contributed by atoms with Crippen molar-refractivity contribution in [1.29, 1.82) is 0 Å².